The third kappa shape index (κ3) is 11.7. The van der Waals surface area contributed by atoms with Gasteiger partial charge in [-0.2, -0.15) is 0 Å². The minimum atomic E-state index is -0.627. The number of nitrogens with one attached hydrogen (secondary N) is 1. The fourth-order valence-corrected chi connectivity index (χ4v) is 5.31. The Balaban J connectivity index is 1.74. The van der Waals surface area contributed by atoms with Crippen molar-refractivity contribution in [2.24, 2.45) is 0 Å². The quantitative estimate of drug-likeness (QED) is 0.120. The summed E-state index contributed by atoms with van der Waals surface area (Å²) in [5.41, 5.74) is 0. The lowest BCUT2D eigenvalue weighted by Gasteiger charge is -2.29. The summed E-state index contributed by atoms with van der Waals surface area (Å²) in [6.45, 7) is 14.5. The van der Waals surface area contributed by atoms with Crippen molar-refractivity contribution >= 4 is 0 Å². The largest absolute Gasteiger partial charge is 0.353 e. The van der Waals surface area contributed by atoms with Crippen LogP contribution in [0.4, 0.5) is 0 Å². The summed E-state index contributed by atoms with van der Waals surface area (Å²) in [4.78, 5) is 0. The van der Waals surface area contributed by atoms with Crippen LogP contribution in [0.25, 0.3) is 0 Å². The molecule has 0 radical (unpaired) electrons. The van der Waals surface area contributed by atoms with Crippen molar-refractivity contribution in [3.8, 4) is 0 Å². The highest BCUT2D eigenvalue weighted by Crippen LogP contribution is 2.40. The Kier molecular flexibility index (Phi) is 16.1. The van der Waals surface area contributed by atoms with E-state index in [1.165, 1.54) is 83.5 Å². The van der Waals surface area contributed by atoms with Crippen LogP contribution in [0.5, 0.6) is 0 Å². The molecule has 0 aromatic heterocycles. The van der Waals surface area contributed by atoms with Crippen LogP contribution in [0.1, 0.15) is 138 Å². The normalized spacial score (nSPS) is 26.8. The maximum atomic E-state index is 6.41. The van der Waals surface area contributed by atoms with Gasteiger partial charge >= 0.3 is 0 Å². The van der Waals surface area contributed by atoms with Crippen molar-refractivity contribution in [1.82, 2.24) is 5.32 Å². The van der Waals surface area contributed by atoms with E-state index < -0.39 is 12.1 Å². The minimum absolute atomic E-state index is 0.105. The second-order valence-corrected chi connectivity index (χ2v) is 11.4. The standard InChI is InChI=1S/C30H59NO5/c1-7-10-12-14-16-18-20-22-31-24(4)26-27-28(36-30(5,6)35-27)29(34-26)33-25(9-3)32-23-21-19-17-15-13-11-8-2/h24-29,31H,7-23H2,1-6H3/t24-,25?,26+,27-,28-,29-/m0/s1. The predicted octanol–water partition coefficient (Wildman–Crippen LogP) is 7.48. The Morgan fingerprint density at radius 3 is 1.92 bits per heavy atom. The van der Waals surface area contributed by atoms with Gasteiger partial charge in [0.2, 0.25) is 0 Å². The van der Waals surface area contributed by atoms with Crippen molar-refractivity contribution in [2.45, 2.75) is 181 Å². The molecule has 6 nitrogen and oxygen atoms in total. The Morgan fingerprint density at radius 1 is 0.750 bits per heavy atom. The van der Waals surface area contributed by atoms with Gasteiger partial charge in [0, 0.05) is 12.6 Å². The highest BCUT2D eigenvalue weighted by atomic mass is 16.8. The van der Waals surface area contributed by atoms with Crippen molar-refractivity contribution in [3.05, 3.63) is 0 Å². The van der Waals surface area contributed by atoms with E-state index in [9.17, 15) is 0 Å². The zero-order valence-corrected chi connectivity index (χ0v) is 24.5. The topological polar surface area (TPSA) is 58.2 Å². The molecule has 0 aromatic carbocycles. The summed E-state index contributed by atoms with van der Waals surface area (Å²) >= 11 is 0. The van der Waals surface area contributed by atoms with Crippen LogP contribution in [0, 0.1) is 0 Å². The summed E-state index contributed by atoms with van der Waals surface area (Å²) in [6, 6.07) is 0.164. The van der Waals surface area contributed by atoms with E-state index in [1.54, 1.807) is 0 Å². The van der Waals surface area contributed by atoms with Gasteiger partial charge < -0.3 is 29.0 Å². The summed E-state index contributed by atoms with van der Waals surface area (Å²) in [6.07, 6.45) is 17.7. The van der Waals surface area contributed by atoms with E-state index in [2.05, 4.69) is 33.0 Å². The molecule has 0 bridgehead atoms. The van der Waals surface area contributed by atoms with Crippen LogP contribution < -0.4 is 5.32 Å². The number of hydrogen-bond donors (Lipinski definition) is 1. The molecule has 0 aromatic rings. The first-order valence-electron chi connectivity index (χ1n) is 15.4. The molecule has 2 rings (SSSR count). The average Bonchev–Trinajstić information content (AvgIpc) is 3.34. The first-order valence-corrected chi connectivity index (χ1v) is 15.4. The van der Waals surface area contributed by atoms with Crippen LogP contribution in [0.2, 0.25) is 0 Å². The van der Waals surface area contributed by atoms with E-state index in [1.807, 2.05) is 13.8 Å². The fourth-order valence-electron chi connectivity index (χ4n) is 5.31. The Labute approximate surface area is 222 Å². The average molecular weight is 514 g/mol. The number of ether oxygens (including phenoxy) is 5. The van der Waals surface area contributed by atoms with Gasteiger partial charge in [0.1, 0.15) is 18.3 Å². The molecule has 36 heavy (non-hydrogen) atoms. The van der Waals surface area contributed by atoms with Crippen molar-refractivity contribution in [2.75, 3.05) is 13.2 Å². The maximum Gasteiger partial charge on any atom is 0.190 e. The number of hydrogen-bond acceptors (Lipinski definition) is 6. The number of fused-ring (bicyclic) bond motifs is 1. The minimum Gasteiger partial charge on any atom is -0.353 e. The van der Waals surface area contributed by atoms with E-state index in [0.29, 0.717) is 0 Å². The van der Waals surface area contributed by atoms with Gasteiger partial charge in [0.05, 0.1) is 0 Å². The van der Waals surface area contributed by atoms with Crippen molar-refractivity contribution < 1.29 is 23.7 Å². The van der Waals surface area contributed by atoms with Gasteiger partial charge in [-0.25, -0.2) is 0 Å². The fraction of sp³-hybridized carbons (Fsp3) is 1.00. The third-order valence-corrected chi connectivity index (χ3v) is 7.46. The lowest BCUT2D eigenvalue weighted by molar-refractivity contribution is -0.283. The SMILES string of the molecule is CCCCCCCCCN[C@@H](C)[C@H]1O[C@H](OC(CC)OCCCCCCCCC)[C@H]2OC(C)(C)O[C@H]21. The zero-order chi connectivity index (χ0) is 26.2. The zero-order valence-electron chi connectivity index (χ0n) is 24.5. The van der Waals surface area contributed by atoms with Gasteiger partial charge in [0.15, 0.2) is 18.4 Å². The van der Waals surface area contributed by atoms with Gasteiger partial charge in [0.25, 0.3) is 0 Å². The first-order chi connectivity index (χ1) is 17.4. The summed E-state index contributed by atoms with van der Waals surface area (Å²) in [5.74, 6) is -0.627. The Morgan fingerprint density at radius 2 is 1.31 bits per heavy atom. The van der Waals surface area contributed by atoms with E-state index in [0.717, 1.165) is 26.0 Å². The summed E-state index contributed by atoms with van der Waals surface area (Å²) in [5, 5.41) is 3.67. The molecule has 2 saturated heterocycles. The lowest BCUT2D eigenvalue weighted by Crippen LogP contribution is -2.45. The van der Waals surface area contributed by atoms with E-state index in [4.69, 9.17) is 23.7 Å². The highest BCUT2D eigenvalue weighted by molar-refractivity contribution is 4.99. The Hall–Kier alpha value is -0.240. The van der Waals surface area contributed by atoms with Crippen molar-refractivity contribution in [3.63, 3.8) is 0 Å². The molecule has 6 heteroatoms. The first kappa shape index (κ1) is 32.0. The molecule has 2 aliphatic rings. The van der Waals surface area contributed by atoms with Crippen LogP contribution in [-0.2, 0) is 23.7 Å². The molecule has 6 atom stereocenters. The van der Waals surface area contributed by atoms with Crippen LogP contribution in [0.3, 0.4) is 0 Å². The van der Waals surface area contributed by atoms with Gasteiger partial charge in [-0.1, -0.05) is 97.8 Å². The summed E-state index contributed by atoms with van der Waals surface area (Å²) in [7, 11) is 0. The monoisotopic (exact) mass is 513 g/mol. The molecule has 0 saturated carbocycles. The predicted molar refractivity (Wildman–Crippen MR) is 147 cm³/mol. The van der Waals surface area contributed by atoms with E-state index in [-0.39, 0.29) is 30.6 Å². The molecular formula is C30H59NO5. The molecule has 2 heterocycles. The lowest BCUT2D eigenvalue weighted by atomic mass is 10.0. The van der Waals surface area contributed by atoms with Crippen LogP contribution >= 0.6 is 0 Å². The smallest absolute Gasteiger partial charge is 0.190 e. The van der Waals surface area contributed by atoms with Gasteiger partial charge in [-0.15, -0.1) is 0 Å². The second-order valence-electron chi connectivity index (χ2n) is 11.4. The van der Waals surface area contributed by atoms with Crippen molar-refractivity contribution in [1.29, 1.82) is 0 Å². The Bertz CT molecular complexity index is 545. The highest BCUT2D eigenvalue weighted by Gasteiger charge is 2.57. The summed E-state index contributed by atoms with van der Waals surface area (Å²) < 4.78 is 31.3. The number of rotatable bonds is 22. The van der Waals surface area contributed by atoms with Crippen LogP contribution in [0.15, 0.2) is 0 Å². The van der Waals surface area contributed by atoms with Gasteiger partial charge in [-0.05, 0) is 46.6 Å². The maximum absolute atomic E-state index is 6.41. The third-order valence-electron chi connectivity index (χ3n) is 7.46. The second kappa shape index (κ2) is 18.1. The molecule has 1 N–H and O–H groups in total. The molecular weight excluding hydrogens is 454 g/mol. The van der Waals surface area contributed by atoms with Gasteiger partial charge in [-0.3, -0.25) is 0 Å². The van der Waals surface area contributed by atoms with E-state index >= 15 is 0 Å². The molecule has 1 unspecified atom stereocenters. The van der Waals surface area contributed by atoms with Crippen LogP contribution in [-0.4, -0.2) is 55.9 Å². The molecule has 214 valence electrons. The molecule has 2 aliphatic heterocycles. The molecule has 0 amide bonds. The molecule has 0 aliphatic carbocycles. The number of unbranched alkanes of at least 4 members (excludes halogenated alkanes) is 12. The molecule has 0 spiro atoms. The molecule has 2 fully saturated rings.